The van der Waals surface area contributed by atoms with Crippen LogP contribution in [0.3, 0.4) is 0 Å². The molecule has 0 spiro atoms. The summed E-state index contributed by atoms with van der Waals surface area (Å²) in [5.41, 5.74) is 7.84. The van der Waals surface area contributed by atoms with E-state index in [1.54, 1.807) is 11.1 Å². The first-order valence-corrected chi connectivity index (χ1v) is 9.94. The van der Waals surface area contributed by atoms with Gasteiger partial charge < -0.3 is 0 Å². The second kappa shape index (κ2) is 8.70. The first-order chi connectivity index (χ1) is 11.9. The van der Waals surface area contributed by atoms with Crippen LogP contribution in [0.15, 0.2) is 54.2 Å². The minimum absolute atomic E-state index is 0.398. The summed E-state index contributed by atoms with van der Waals surface area (Å²) >= 11 is 0. The Hall–Kier alpha value is -1.56. The second-order valence-corrected chi connectivity index (χ2v) is 8.30. The van der Waals surface area contributed by atoms with Crippen LogP contribution in [0.2, 0.25) is 0 Å². The number of rotatable bonds is 4. The zero-order valence-electron chi connectivity index (χ0n) is 17.0. The van der Waals surface area contributed by atoms with Crippen LogP contribution in [-0.4, -0.2) is 0 Å². The van der Waals surface area contributed by atoms with Crippen LogP contribution in [0.4, 0.5) is 0 Å². The maximum Gasteiger partial charge on any atom is 0.00689 e. The molecule has 2 atom stereocenters. The van der Waals surface area contributed by atoms with Crippen molar-refractivity contribution in [2.24, 2.45) is 11.3 Å². The van der Waals surface area contributed by atoms with Gasteiger partial charge in [0, 0.05) is 5.41 Å². The van der Waals surface area contributed by atoms with Crippen LogP contribution in [0.1, 0.15) is 69.6 Å². The lowest BCUT2D eigenvalue weighted by Gasteiger charge is -2.36. The molecule has 25 heavy (non-hydrogen) atoms. The molecule has 0 aromatic heterocycles. The maximum absolute atomic E-state index is 3.67. The summed E-state index contributed by atoms with van der Waals surface area (Å²) in [6.45, 7) is 14.7. The van der Waals surface area contributed by atoms with Crippen molar-refractivity contribution < 1.29 is 0 Å². The van der Waals surface area contributed by atoms with E-state index in [0.29, 0.717) is 5.41 Å². The summed E-state index contributed by atoms with van der Waals surface area (Å²) < 4.78 is 0. The number of fused-ring (bicyclic) bond motifs is 1. The number of aryl methyl sites for hydroxylation is 2. The van der Waals surface area contributed by atoms with Gasteiger partial charge in [-0.3, -0.25) is 0 Å². The highest BCUT2D eigenvalue weighted by Gasteiger charge is 2.34. The van der Waals surface area contributed by atoms with Gasteiger partial charge in [0.25, 0.3) is 0 Å². The topological polar surface area (TPSA) is 0 Å². The third-order valence-corrected chi connectivity index (χ3v) is 6.13. The highest BCUT2D eigenvalue weighted by atomic mass is 14.4. The van der Waals surface area contributed by atoms with E-state index in [4.69, 9.17) is 0 Å². The maximum atomic E-state index is 3.67. The predicted octanol–water partition coefficient (Wildman–Crippen LogP) is 7.51. The van der Waals surface area contributed by atoms with E-state index >= 15 is 0 Å². The van der Waals surface area contributed by atoms with Crippen LogP contribution < -0.4 is 0 Å². The largest absolute Gasteiger partial charge is 0.100 e. The van der Waals surface area contributed by atoms with Crippen LogP contribution in [0.25, 0.3) is 0 Å². The van der Waals surface area contributed by atoms with E-state index < -0.39 is 0 Å². The standard InChI is InChI=1S/C20H26.C5H10/c1-15-6-4-7-16(2)19(15)10-9-17-11-13-20(3)12-5-8-18(20)14-17;1-4-5(2)3/h4-8,12,17H,9-11,13-14H2,1-3H3;2,4H2,1,3H3. The average Bonchev–Trinajstić information content (AvgIpc) is 2.96. The van der Waals surface area contributed by atoms with Gasteiger partial charge in [-0.2, -0.15) is 0 Å². The van der Waals surface area contributed by atoms with Crippen LogP contribution in [0.5, 0.6) is 0 Å². The lowest BCUT2D eigenvalue weighted by atomic mass is 9.69. The van der Waals surface area contributed by atoms with Gasteiger partial charge in [-0.1, -0.05) is 61.4 Å². The fourth-order valence-electron chi connectivity index (χ4n) is 3.97. The fraction of sp³-hybridized carbons (Fsp3) is 0.520. The molecule has 0 heterocycles. The molecule has 1 saturated carbocycles. The highest BCUT2D eigenvalue weighted by Crippen LogP contribution is 2.47. The van der Waals surface area contributed by atoms with Crippen molar-refractivity contribution in [1.82, 2.24) is 0 Å². The first-order valence-electron chi connectivity index (χ1n) is 9.94. The predicted molar refractivity (Wildman–Crippen MR) is 112 cm³/mol. The van der Waals surface area contributed by atoms with Gasteiger partial charge in [-0.25, -0.2) is 0 Å². The summed E-state index contributed by atoms with van der Waals surface area (Å²) in [6, 6.07) is 6.68. The van der Waals surface area contributed by atoms with Crippen LogP contribution >= 0.6 is 0 Å². The Balaban J connectivity index is 0.000000399. The molecule has 1 aromatic carbocycles. The molecule has 0 bridgehead atoms. The molecule has 0 N–H and O–H groups in total. The molecular weight excluding hydrogens is 300 g/mol. The Morgan fingerprint density at radius 2 is 1.88 bits per heavy atom. The quantitative estimate of drug-likeness (QED) is 0.499. The van der Waals surface area contributed by atoms with E-state index in [1.165, 1.54) is 48.8 Å². The third-order valence-electron chi connectivity index (χ3n) is 6.13. The summed E-state index contributed by atoms with van der Waals surface area (Å²) in [5.74, 6) is 0.883. The average molecular weight is 337 g/mol. The zero-order chi connectivity index (χ0) is 18.4. The molecule has 1 aromatic rings. The van der Waals surface area contributed by atoms with E-state index in [0.717, 1.165) is 12.3 Å². The molecule has 2 aliphatic rings. The van der Waals surface area contributed by atoms with Gasteiger partial charge in [0.15, 0.2) is 0 Å². The molecule has 0 amide bonds. The molecule has 0 aliphatic heterocycles. The number of hydrogen-bond donors (Lipinski definition) is 0. The van der Waals surface area contributed by atoms with E-state index in [1.807, 2.05) is 6.92 Å². The van der Waals surface area contributed by atoms with Crippen molar-refractivity contribution in [3.63, 3.8) is 0 Å². The molecule has 0 heteroatoms. The molecule has 136 valence electrons. The molecule has 2 unspecified atom stereocenters. The van der Waals surface area contributed by atoms with E-state index in [9.17, 15) is 0 Å². The minimum atomic E-state index is 0.398. The summed E-state index contributed by atoms with van der Waals surface area (Å²) in [6.07, 6.45) is 14.8. The Labute approximate surface area is 155 Å². The highest BCUT2D eigenvalue weighted by molar-refractivity contribution is 5.35. The Kier molecular flexibility index (Phi) is 6.87. The van der Waals surface area contributed by atoms with Gasteiger partial charge in [0.2, 0.25) is 0 Å². The van der Waals surface area contributed by atoms with E-state index in [2.05, 4.69) is 70.7 Å². The Morgan fingerprint density at radius 1 is 1.24 bits per heavy atom. The SMILES string of the molecule is C=C(C)CC.Cc1cccc(C)c1CCC1CCC2(C)C=CC=C2C1. The summed E-state index contributed by atoms with van der Waals surface area (Å²) in [7, 11) is 0. The number of hydrogen-bond acceptors (Lipinski definition) is 0. The first kappa shape index (κ1) is 19.8. The van der Waals surface area contributed by atoms with Crippen molar-refractivity contribution in [3.05, 3.63) is 70.8 Å². The molecule has 0 radical (unpaired) electrons. The molecule has 1 fully saturated rings. The molecule has 2 aliphatic carbocycles. The third kappa shape index (κ3) is 5.21. The van der Waals surface area contributed by atoms with Crippen molar-refractivity contribution in [2.45, 2.75) is 73.1 Å². The zero-order valence-corrected chi connectivity index (χ0v) is 17.0. The van der Waals surface area contributed by atoms with Gasteiger partial charge in [-0.05, 0) is 81.9 Å². The van der Waals surface area contributed by atoms with Gasteiger partial charge in [0.05, 0.1) is 0 Å². The molecule has 0 saturated heterocycles. The minimum Gasteiger partial charge on any atom is -0.100 e. The van der Waals surface area contributed by atoms with Crippen LogP contribution in [0, 0.1) is 25.2 Å². The lowest BCUT2D eigenvalue weighted by molar-refractivity contribution is 0.294. The Bertz CT molecular complexity index is 638. The van der Waals surface area contributed by atoms with Crippen LogP contribution in [-0.2, 0) is 6.42 Å². The monoisotopic (exact) mass is 336 g/mol. The lowest BCUT2D eigenvalue weighted by Crippen LogP contribution is -2.24. The van der Waals surface area contributed by atoms with Crippen molar-refractivity contribution >= 4 is 0 Å². The summed E-state index contributed by atoms with van der Waals surface area (Å²) in [5, 5.41) is 0. The van der Waals surface area contributed by atoms with E-state index in [-0.39, 0.29) is 0 Å². The summed E-state index contributed by atoms with van der Waals surface area (Å²) in [4.78, 5) is 0. The van der Waals surface area contributed by atoms with Crippen molar-refractivity contribution in [1.29, 1.82) is 0 Å². The second-order valence-electron chi connectivity index (χ2n) is 8.30. The molecule has 3 rings (SSSR count). The number of benzene rings is 1. The smallest absolute Gasteiger partial charge is 0.00689 e. The molecule has 0 nitrogen and oxygen atoms in total. The number of allylic oxidation sites excluding steroid dienone is 5. The van der Waals surface area contributed by atoms with Gasteiger partial charge >= 0.3 is 0 Å². The van der Waals surface area contributed by atoms with Crippen molar-refractivity contribution in [2.75, 3.05) is 0 Å². The van der Waals surface area contributed by atoms with Gasteiger partial charge in [-0.15, -0.1) is 6.58 Å². The van der Waals surface area contributed by atoms with Gasteiger partial charge in [0.1, 0.15) is 0 Å². The Morgan fingerprint density at radius 3 is 2.48 bits per heavy atom. The normalized spacial score (nSPS) is 24.2. The van der Waals surface area contributed by atoms with Crippen molar-refractivity contribution in [3.8, 4) is 0 Å². The fourth-order valence-corrected chi connectivity index (χ4v) is 3.97. The molecular formula is C25H36.